The number of methoxy groups -OCH3 is 1. The summed E-state index contributed by atoms with van der Waals surface area (Å²) in [5.41, 5.74) is 4.19. The number of anilines is 1. The van der Waals surface area contributed by atoms with Gasteiger partial charge in [0.25, 0.3) is 5.56 Å². The molecule has 2 N–H and O–H groups in total. The van der Waals surface area contributed by atoms with E-state index in [1.165, 1.54) is 5.01 Å². The molecule has 1 aromatic heterocycles. The Hall–Kier alpha value is -5.21. The first-order chi connectivity index (χ1) is 21.4. The molecule has 8 nitrogen and oxygen atoms in total. The maximum atomic E-state index is 13.7. The van der Waals surface area contributed by atoms with Crippen molar-refractivity contribution in [2.75, 3.05) is 12.4 Å². The van der Waals surface area contributed by atoms with E-state index < -0.39 is 6.04 Å². The van der Waals surface area contributed by atoms with Gasteiger partial charge in [0.05, 0.1) is 24.4 Å². The number of nitrogens with one attached hydrogen (secondary N) is 2. The van der Waals surface area contributed by atoms with E-state index in [1.807, 2.05) is 66.7 Å². The number of ether oxygens (including phenoxy) is 1. The second-order valence-corrected chi connectivity index (χ2v) is 10.9. The van der Waals surface area contributed by atoms with Crippen molar-refractivity contribution in [1.29, 1.82) is 0 Å². The van der Waals surface area contributed by atoms with Crippen molar-refractivity contribution < 1.29 is 14.3 Å². The number of hydrazone groups is 1. The van der Waals surface area contributed by atoms with E-state index in [4.69, 9.17) is 21.4 Å². The predicted molar refractivity (Wildman–Crippen MR) is 173 cm³/mol. The highest BCUT2D eigenvalue weighted by Crippen LogP contribution is 2.37. The van der Waals surface area contributed by atoms with Crippen LogP contribution in [0.2, 0.25) is 5.02 Å². The minimum Gasteiger partial charge on any atom is -0.497 e. The van der Waals surface area contributed by atoms with E-state index in [0.29, 0.717) is 45.2 Å². The van der Waals surface area contributed by atoms with Gasteiger partial charge < -0.3 is 15.0 Å². The molecule has 2 amide bonds. The summed E-state index contributed by atoms with van der Waals surface area (Å²) >= 11 is 6.41. The van der Waals surface area contributed by atoms with Crippen LogP contribution < -0.4 is 15.6 Å². The van der Waals surface area contributed by atoms with Crippen LogP contribution in [0.5, 0.6) is 5.75 Å². The fourth-order valence-corrected chi connectivity index (χ4v) is 5.70. The van der Waals surface area contributed by atoms with Crippen LogP contribution in [0.3, 0.4) is 0 Å². The summed E-state index contributed by atoms with van der Waals surface area (Å²) < 4.78 is 5.22. The number of aromatic nitrogens is 1. The molecule has 1 aliphatic heterocycles. The number of H-pyrrole nitrogens is 1. The third-order valence-corrected chi connectivity index (χ3v) is 7.83. The molecule has 1 atom stereocenters. The lowest BCUT2D eigenvalue weighted by Crippen LogP contribution is -2.28. The van der Waals surface area contributed by atoms with Gasteiger partial charge in [-0.3, -0.25) is 14.4 Å². The van der Waals surface area contributed by atoms with Gasteiger partial charge in [0.1, 0.15) is 5.75 Å². The molecule has 0 aliphatic carbocycles. The Bertz CT molecular complexity index is 1940. The topological polar surface area (TPSA) is 104 Å². The zero-order chi connectivity index (χ0) is 30.6. The lowest BCUT2D eigenvalue weighted by atomic mass is 9.91. The smallest absolute Gasteiger partial charge is 0.258 e. The molecule has 0 unspecified atom stereocenters. The Balaban J connectivity index is 1.36. The van der Waals surface area contributed by atoms with E-state index in [0.717, 1.165) is 16.5 Å². The third kappa shape index (κ3) is 5.98. The predicted octanol–water partition coefficient (Wildman–Crippen LogP) is 6.95. The standard InChI is InChI=1S/C35H29ClN4O4/c1-44-26-14-8-13-25(20-26)37-31(41)17-18-32(42)40-30(22-9-4-2-5-10-22)21-29(39-40)34-33(23-11-6-3-7-12-23)27-19-24(36)15-16-28(27)38-35(34)43/h2-16,19-20,30H,17-18,21H2,1H3,(H,37,41)(H,38,43)/t30-/m0/s1. The van der Waals surface area contributed by atoms with Crippen LogP contribution in [-0.2, 0) is 9.59 Å². The molecule has 0 saturated carbocycles. The second-order valence-electron chi connectivity index (χ2n) is 10.5. The van der Waals surface area contributed by atoms with Crippen molar-refractivity contribution in [3.05, 3.63) is 130 Å². The largest absolute Gasteiger partial charge is 0.497 e. The summed E-state index contributed by atoms with van der Waals surface area (Å²) in [7, 11) is 1.55. The number of pyridine rings is 1. The quantitative estimate of drug-likeness (QED) is 0.200. The van der Waals surface area contributed by atoms with Gasteiger partial charge in [-0.15, -0.1) is 0 Å². The SMILES string of the molecule is COc1cccc(NC(=O)CCC(=O)N2N=C(c3c(-c4ccccc4)c4cc(Cl)ccc4[nH]c3=O)C[C@H]2c2ccccc2)c1. The lowest BCUT2D eigenvalue weighted by molar-refractivity contribution is -0.134. The number of aromatic amines is 1. The first-order valence-corrected chi connectivity index (χ1v) is 14.6. The van der Waals surface area contributed by atoms with Crippen molar-refractivity contribution in [3.8, 4) is 16.9 Å². The molecule has 44 heavy (non-hydrogen) atoms. The van der Waals surface area contributed by atoms with Gasteiger partial charge >= 0.3 is 0 Å². The molecule has 0 bridgehead atoms. The third-order valence-electron chi connectivity index (χ3n) is 7.60. The Morgan fingerprint density at radius 1 is 0.932 bits per heavy atom. The highest BCUT2D eigenvalue weighted by molar-refractivity contribution is 6.31. The van der Waals surface area contributed by atoms with Gasteiger partial charge in [-0.25, -0.2) is 5.01 Å². The van der Waals surface area contributed by atoms with Crippen molar-refractivity contribution in [2.45, 2.75) is 25.3 Å². The van der Waals surface area contributed by atoms with Crippen LogP contribution in [0.1, 0.15) is 36.4 Å². The van der Waals surface area contributed by atoms with Gasteiger partial charge in [0.15, 0.2) is 0 Å². The molecule has 0 fully saturated rings. The highest BCUT2D eigenvalue weighted by Gasteiger charge is 2.35. The summed E-state index contributed by atoms with van der Waals surface area (Å²) in [4.78, 5) is 43.1. The van der Waals surface area contributed by atoms with E-state index in [2.05, 4.69) is 10.3 Å². The highest BCUT2D eigenvalue weighted by atomic mass is 35.5. The molecule has 220 valence electrons. The number of rotatable bonds is 8. The van der Waals surface area contributed by atoms with Crippen LogP contribution in [0, 0.1) is 0 Å². The fraction of sp³-hybridized carbons (Fsp3) is 0.143. The Morgan fingerprint density at radius 2 is 1.68 bits per heavy atom. The van der Waals surface area contributed by atoms with Crippen LogP contribution in [0.25, 0.3) is 22.0 Å². The maximum Gasteiger partial charge on any atom is 0.258 e. The number of carbonyl (C=O) groups is 2. The Morgan fingerprint density at radius 3 is 2.43 bits per heavy atom. The molecule has 0 saturated heterocycles. The van der Waals surface area contributed by atoms with Gasteiger partial charge in [-0.1, -0.05) is 78.3 Å². The van der Waals surface area contributed by atoms with Crippen molar-refractivity contribution >= 4 is 45.7 Å². The number of hydrogen-bond donors (Lipinski definition) is 2. The van der Waals surface area contributed by atoms with E-state index >= 15 is 0 Å². The average Bonchev–Trinajstić information content (AvgIpc) is 3.49. The first kappa shape index (κ1) is 28.9. The zero-order valence-electron chi connectivity index (χ0n) is 23.9. The number of hydrogen-bond acceptors (Lipinski definition) is 5. The minimum atomic E-state index is -0.446. The molecule has 2 heterocycles. The lowest BCUT2D eigenvalue weighted by Gasteiger charge is -2.22. The second kappa shape index (κ2) is 12.6. The number of amides is 2. The van der Waals surface area contributed by atoms with E-state index in [1.54, 1.807) is 43.5 Å². The summed E-state index contributed by atoms with van der Waals surface area (Å²) in [5, 5.41) is 10.3. The van der Waals surface area contributed by atoms with Gasteiger partial charge in [0.2, 0.25) is 11.8 Å². The monoisotopic (exact) mass is 604 g/mol. The summed E-state index contributed by atoms with van der Waals surface area (Å²) in [6.07, 6.45) is 0.217. The molecule has 4 aromatic carbocycles. The molecule has 5 aromatic rings. The van der Waals surface area contributed by atoms with Crippen molar-refractivity contribution in [3.63, 3.8) is 0 Å². The van der Waals surface area contributed by atoms with Crippen molar-refractivity contribution in [2.24, 2.45) is 5.10 Å². The minimum absolute atomic E-state index is 0.0385. The van der Waals surface area contributed by atoms with Crippen LogP contribution >= 0.6 is 11.6 Å². The average molecular weight is 605 g/mol. The van der Waals surface area contributed by atoms with Gasteiger partial charge in [0, 0.05) is 52.5 Å². The van der Waals surface area contributed by atoms with Crippen LogP contribution in [0.4, 0.5) is 5.69 Å². The van der Waals surface area contributed by atoms with E-state index in [-0.39, 0.29) is 30.2 Å². The fourth-order valence-electron chi connectivity index (χ4n) is 5.53. The van der Waals surface area contributed by atoms with Crippen LogP contribution in [-0.4, -0.2) is 34.6 Å². The van der Waals surface area contributed by atoms with Crippen LogP contribution in [0.15, 0.2) is 113 Å². The van der Waals surface area contributed by atoms with Gasteiger partial charge in [-0.2, -0.15) is 5.10 Å². The Kier molecular flexibility index (Phi) is 8.25. The van der Waals surface area contributed by atoms with Crippen molar-refractivity contribution in [1.82, 2.24) is 9.99 Å². The molecular formula is C35H29ClN4O4. The summed E-state index contributed by atoms with van der Waals surface area (Å²) in [6, 6.07) is 31.1. The normalized spacial score (nSPS) is 14.4. The summed E-state index contributed by atoms with van der Waals surface area (Å²) in [6.45, 7) is 0. The Labute approximate surface area is 258 Å². The molecule has 1 aliphatic rings. The number of benzene rings is 4. The number of fused-ring (bicyclic) bond motifs is 1. The molecular weight excluding hydrogens is 576 g/mol. The first-order valence-electron chi connectivity index (χ1n) is 14.2. The maximum absolute atomic E-state index is 13.7. The number of carbonyl (C=O) groups excluding carboxylic acids is 2. The molecule has 0 radical (unpaired) electrons. The molecule has 6 rings (SSSR count). The zero-order valence-corrected chi connectivity index (χ0v) is 24.7. The molecule has 9 heteroatoms. The summed E-state index contributed by atoms with van der Waals surface area (Å²) in [5.74, 6) is -0.0130. The molecule has 0 spiro atoms. The van der Waals surface area contributed by atoms with E-state index in [9.17, 15) is 14.4 Å². The number of nitrogens with zero attached hydrogens (tertiary/aromatic N) is 2. The van der Waals surface area contributed by atoms with Gasteiger partial charge in [-0.05, 0) is 41.5 Å². The number of halogens is 1.